The molecule has 0 atom stereocenters. The van der Waals surface area contributed by atoms with E-state index < -0.39 is 10.0 Å². The quantitative estimate of drug-likeness (QED) is 0.582. The van der Waals surface area contributed by atoms with Gasteiger partial charge in [-0.05, 0) is 25.0 Å². The van der Waals surface area contributed by atoms with Crippen LogP contribution in [0.3, 0.4) is 0 Å². The molecular formula is C18H19BrClN5O3S. The van der Waals surface area contributed by atoms with Gasteiger partial charge in [-0.1, -0.05) is 27.5 Å². The number of piperidine rings is 1. The van der Waals surface area contributed by atoms with Crippen LogP contribution in [0.5, 0.6) is 5.75 Å². The number of sulfonamides is 1. The van der Waals surface area contributed by atoms with E-state index >= 15 is 0 Å². The van der Waals surface area contributed by atoms with Crippen molar-refractivity contribution in [2.24, 2.45) is 0 Å². The van der Waals surface area contributed by atoms with Gasteiger partial charge in [0.15, 0.2) is 0 Å². The van der Waals surface area contributed by atoms with E-state index in [9.17, 15) is 13.7 Å². The molecule has 0 amide bonds. The highest BCUT2D eigenvalue weighted by Crippen LogP contribution is 2.27. The van der Waals surface area contributed by atoms with Gasteiger partial charge in [-0.3, -0.25) is 0 Å². The molecule has 3 rings (SSSR count). The monoisotopic (exact) mass is 499 g/mol. The van der Waals surface area contributed by atoms with Crippen LogP contribution in [0, 0.1) is 11.3 Å². The van der Waals surface area contributed by atoms with Crippen molar-refractivity contribution in [1.82, 2.24) is 14.3 Å². The number of anilines is 1. The summed E-state index contributed by atoms with van der Waals surface area (Å²) in [5.41, 5.74) is 0.302. The van der Waals surface area contributed by atoms with E-state index in [1.165, 1.54) is 34.9 Å². The Kier molecular flexibility index (Phi) is 7.29. The van der Waals surface area contributed by atoms with Crippen LogP contribution in [0.1, 0.15) is 18.4 Å². The van der Waals surface area contributed by atoms with Gasteiger partial charge < -0.3 is 10.1 Å². The molecule has 8 nitrogen and oxygen atoms in total. The molecule has 0 aliphatic carbocycles. The first-order valence-corrected chi connectivity index (χ1v) is 11.8. The second kappa shape index (κ2) is 9.71. The Morgan fingerprint density at radius 3 is 2.62 bits per heavy atom. The Balaban J connectivity index is 1.68. The van der Waals surface area contributed by atoms with Gasteiger partial charge in [0.1, 0.15) is 11.8 Å². The second-order valence-corrected chi connectivity index (χ2v) is 9.52. The maximum absolute atomic E-state index is 13.0. The third kappa shape index (κ3) is 5.36. The van der Waals surface area contributed by atoms with Crippen LogP contribution in [-0.2, 0) is 10.0 Å². The van der Waals surface area contributed by atoms with Gasteiger partial charge in [-0.15, -0.1) is 0 Å². The van der Waals surface area contributed by atoms with E-state index in [0.29, 0.717) is 54.4 Å². The van der Waals surface area contributed by atoms with Crippen molar-refractivity contribution < 1.29 is 13.2 Å². The molecule has 1 N–H and O–H groups in total. The summed E-state index contributed by atoms with van der Waals surface area (Å²) in [5.74, 6) is 0.737. The highest BCUT2D eigenvalue weighted by molar-refractivity contribution is 9.09. The van der Waals surface area contributed by atoms with Crippen LogP contribution in [0.2, 0.25) is 5.02 Å². The number of halogens is 2. The van der Waals surface area contributed by atoms with Crippen LogP contribution in [0.25, 0.3) is 0 Å². The van der Waals surface area contributed by atoms with Gasteiger partial charge in [0.25, 0.3) is 0 Å². The molecule has 1 fully saturated rings. The lowest BCUT2D eigenvalue weighted by atomic mass is 10.1. The van der Waals surface area contributed by atoms with Gasteiger partial charge in [-0.2, -0.15) is 9.57 Å². The topological polar surface area (TPSA) is 108 Å². The number of hydrogen-bond donors (Lipinski definition) is 1. The molecule has 1 aromatic carbocycles. The predicted molar refractivity (Wildman–Crippen MR) is 113 cm³/mol. The van der Waals surface area contributed by atoms with Crippen LogP contribution >= 0.6 is 27.5 Å². The summed E-state index contributed by atoms with van der Waals surface area (Å²) in [6.07, 6.45) is 4.26. The summed E-state index contributed by atoms with van der Waals surface area (Å²) in [7, 11) is -3.68. The minimum absolute atomic E-state index is 0.0708. The number of nitrogens with one attached hydrogen (secondary N) is 1. The lowest BCUT2D eigenvalue weighted by Crippen LogP contribution is -2.42. The zero-order valence-corrected chi connectivity index (χ0v) is 18.5. The molecule has 1 saturated heterocycles. The Hall–Kier alpha value is -1.93. The first kappa shape index (κ1) is 21.8. The Labute approximate surface area is 183 Å². The standard InChI is InChI=1S/C18H19BrClN5O3S/c19-5-8-28-17-9-16(2-1-13(17)10-21)29(26,27)25-6-3-15(4-7-25)24-18-22-11-14(20)12-23-18/h1-2,9,11-12,15H,3-8H2,(H,22,23,24). The lowest BCUT2D eigenvalue weighted by molar-refractivity contribution is 0.327. The SMILES string of the molecule is N#Cc1ccc(S(=O)(=O)N2CCC(Nc3ncc(Cl)cn3)CC2)cc1OCCBr. The maximum Gasteiger partial charge on any atom is 0.243 e. The van der Waals surface area contributed by atoms with E-state index in [0.717, 1.165) is 0 Å². The number of hydrogen-bond acceptors (Lipinski definition) is 7. The van der Waals surface area contributed by atoms with Gasteiger partial charge in [0, 0.05) is 30.5 Å². The Morgan fingerprint density at radius 2 is 2.00 bits per heavy atom. The van der Waals surface area contributed by atoms with Crippen LogP contribution in [-0.4, -0.2) is 53.8 Å². The average Bonchev–Trinajstić information content (AvgIpc) is 2.74. The maximum atomic E-state index is 13.0. The molecule has 29 heavy (non-hydrogen) atoms. The molecule has 1 aromatic heterocycles. The highest BCUT2D eigenvalue weighted by Gasteiger charge is 2.30. The second-order valence-electron chi connectivity index (χ2n) is 6.35. The lowest BCUT2D eigenvalue weighted by Gasteiger charge is -2.31. The molecule has 0 radical (unpaired) electrons. The van der Waals surface area contributed by atoms with Crippen molar-refractivity contribution in [3.05, 3.63) is 41.2 Å². The third-order valence-corrected chi connectivity index (χ3v) is 6.87. The summed E-state index contributed by atoms with van der Waals surface area (Å²) < 4.78 is 33.0. The van der Waals surface area contributed by atoms with Crippen LogP contribution < -0.4 is 10.1 Å². The fraction of sp³-hybridized carbons (Fsp3) is 0.389. The smallest absolute Gasteiger partial charge is 0.243 e. The van der Waals surface area contributed by atoms with Crippen molar-refractivity contribution in [3.63, 3.8) is 0 Å². The molecule has 0 unspecified atom stereocenters. The van der Waals surface area contributed by atoms with Crippen molar-refractivity contribution in [3.8, 4) is 11.8 Å². The minimum atomic E-state index is -3.68. The molecule has 0 bridgehead atoms. The number of alkyl halides is 1. The van der Waals surface area contributed by atoms with E-state index in [1.807, 2.05) is 6.07 Å². The molecule has 1 aliphatic rings. The average molecular weight is 501 g/mol. The van der Waals surface area contributed by atoms with E-state index in [1.54, 1.807) is 0 Å². The number of benzene rings is 1. The van der Waals surface area contributed by atoms with E-state index in [4.69, 9.17) is 16.3 Å². The van der Waals surface area contributed by atoms with Crippen LogP contribution in [0.15, 0.2) is 35.5 Å². The third-order valence-electron chi connectivity index (χ3n) is 4.45. The number of aromatic nitrogens is 2. The summed E-state index contributed by atoms with van der Waals surface area (Å²) in [6, 6.07) is 6.43. The largest absolute Gasteiger partial charge is 0.491 e. The van der Waals surface area contributed by atoms with Gasteiger partial charge >= 0.3 is 0 Å². The summed E-state index contributed by atoms with van der Waals surface area (Å²) in [4.78, 5) is 8.34. The highest BCUT2D eigenvalue weighted by atomic mass is 79.9. The van der Waals surface area contributed by atoms with E-state index in [-0.39, 0.29) is 16.7 Å². The fourth-order valence-corrected chi connectivity index (χ4v) is 4.73. The molecule has 154 valence electrons. The zero-order valence-electron chi connectivity index (χ0n) is 15.4. The molecular weight excluding hydrogens is 482 g/mol. The van der Waals surface area contributed by atoms with Gasteiger partial charge in [0.05, 0.1) is 34.5 Å². The van der Waals surface area contributed by atoms with Crippen molar-refractivity contribution >= 4 is 43.5 Å². The normalized spacial score (nSPS) is 15.6. The Bertz CT molecular complexity index is 990. The molecule has 0 spiro atoms. The first-order valence-electron chi connectivity index (χ1n) is 8.91. The van der Waals surface area contributed by atoms with Gasteiger partial charge in [-0.25, -0.2) is 18.4 Å². The van der Waals surface area contributed by atoms with Crippen LogP contribution in [0.4, 0.5) is 5.95 Å². The number of nitriles is 1. The number of rotatable bonds is 7. The summed E-state index contributed by atoms with van der Waals surface area (Å²) in [5, 5.41) is 13.4. The van der Waals surface area contributed by atoms with Gasteiger partial charge in [0.2, 0.25) is 16.0 Å². The molecule has 11 heteroatoms. The minimum Gasteiger partial charge on any atom is -0.491 e. The first-order chi connectivity index (χ1) is 13.9. The Morgan fingerprint density at radius 1 is 1.31 bits per heavy atom. The van der Waals surface area contributed by atoms with Crippen molar-refractivity contribution in [2.75, 3.05) is 30.3 Å². The van der Waals surface area contributed by atoms with Crippen molar-refractivity contribution in [2.45, 2.75) is 23.8 Å². The number of ether oxygens (including phenoxy) is 1. The zero-order chi connectivity index (χ0) is 20.9. The summed E-state index contributed by atoms with van der Waals surface area (Å²) in [6.45, 7) is 1.07. The fourth-order valence-electron chi connectivity index (χ4n) is 2.98. The molecule has 1 aliphatic heterocycles. The molecule has 0 saturated carbocycles. The van der Waals surface area contributed by atoms with E-state index in [2.05, 4.69) is 31.2 Å². The molecule has 2 heterocycles. The summed E-state index contributed by atoms with van der Waals surface area (Å²) >= 11 is 9.04. The number of nitrogens with zero attached hydrogens (tertiary/aromatic N) is 4. The molecule has 2 aromatic rings. The van der Waals surface area contributed by atoms with Crippen molar-refractivity contribution in [1.29, 1.82) is 5.26 Å². The predicted octanol–water partition coefficient (Wildman–Crippen LogP) is 3.04.